The second-order valence-electron chi connectivity index (χ2n) is 3.93. The van der Waals surface area contributed by atoms with E-state index in [1.807, 2.05) is 25.1 Å². The lowest BCUT2D eigenvalue weighted by molar-refractivity contribution is 0.721. The summed E-state index contributed by atoms with van der Waals surface area (Å²) in [5.74, 6) is 0. The van der Waals surface area contributed by atoms with E-state index in [0.29, 0.717) is 5.02 Å². The quantitative estimate of drug-likeness (QED) is 0.912. The first kappa shape index (κ1) is 12.6. The largest absolute Gasteiger partial charge is 0.313 e. The molecule has 2 nitrogen and oxygen atoms in total. The number of fused-ring (bicyclic) bond motifs is 1. The Hall–Kier alpha value is -0.830. The first-order chi connectivity index (χ1) is 8.13. The van der Waals surface area contributed by atoms with E-state index in [9.17, 15) is 0 Å². The summed E-state index contributed by atoms with van der Waals surface area (Å²) in [7, 11) is 0. The number of nitrogens with zero attached hydrogens (tertiary/aromatic N) is 1. The first-order valence-electron chi connectivity index (χ1n) is 5.58. The molecule has 0 aliphatic rings. The Morgan fingerprint density at radius 2 is 2.06 bits per heavy atom. The van der Waals surface area contributed by atoms with Crippen molar-refractivity contribution >= 4 is 34.1 Å². The normalized spacial score (nSPS) is 11.1. The number of hydrogen-bond acceptors (Lipinski definition) is 2. The van der Waals surface area contributed by atoms with E-state index in [0.717, 1.165) is 40.3 Å². The smallest absolute Gasteiger partial charge is 0.0735 e. The maximum absolute atomic E-state index is 6.41. The average molecular weight is 269 g/mol. The van der Waals surface area contributed by atoms with Gasteiger partial charge < -0.3 is 5.32 Å². The SMILES string of the molecule is CCNCc1c(C)nc2cc(Cl)ccc2c1Cl. The second-order valence-corrected chi connectivity index (χ2v) is 4.75. The van der Waals surface area contributed by atoms with Crippen LogP contribution >= 0.6 is 23.2 Å². The molecule has 0 saturated carbocycles. The maximum atomic E-state index is 6.41. The average Bonchev–Trinajstić information content (AvgIpc) is 2.28. The van der Waals surface area contributed by atoms with Crippen molar-refractivity contribution in [3.05, 3.63) is 39.5 Å². The summed E-state index contributed by atoms with van der Waals surface area (Å²) in [6.07, 6.45) is 0. The number of aromatic nitrogens is 1. The van der Waals surface area contributed by atoms with Gasteiger partial charge in [-0.25, -0.2) is 0 Å². The fourth-order valence-corrected chi connectivity index (χ4v) is 2.34. The molecular formula is C13H14Cl2N2. The Labute approximate surface area is 111 Å². The first-order valence-corrected chi connectivity index (χ1v) is 6.34. The van der Waals surface area contributed by atoms with Gasteiger partial charge in [0.1, 0.15) is 0 Å². The van der Waals surface area contributed by atoms with Gasteiger partial charge in [-0.15, -0.1) is 0 Å². The Bertz CT molecular complexity index is 553. The lowest BCUT2D eigenvalue weighted by Crippen LogP contribution is -2.13. The van der Waals surface area contributed by atoms with Gasteiger partial charge in [-0.1, -0.05) is 30.1 Å². The minimum Gasteiger partial charge on any atom is -0.313 e. The molecule has 0 radical (unpaired) electrons. The zero-order chi connectivity index (χ0) is 12.4. The Balaban J connectivity index is 2.59. The summed E-state index contributed by atoms with van der Waals surface area (Å²) >= 11 is 12.4. The number of nitrogens with one attached hydrogen (secondary N) is 1. The topological polar surface area (TPSA) is 24.9 Å². The molecule has 0 saturated heterocycles. The summed E-state index contributed by atoms with van der Waals surface area (Å²) < 4.78 is 0. The number of pyridine rings is 1. The molecule has 2 rings (SSSR count). The zero-order valence-corrected chi connectivity index (χ0v) is 11.4. The molecule has 0 unspecified atom stereocenters. The number of aryl methyl sites for hydroxylation is 1. The van der Waals surface area contributed by atoms with Gasteiger partial charge >= 0.3 is 0 Å². The Kier molecular flexibility index (Phi) is 3.87. The van der Waals surface area contributed by atoms with E-state index < -0.39 is 0 Å². The van der Waals surface area contributed by atoms with Gasteiger partial charge in [0.2, 0.25) is 0 Å². The Morgan fingerprint density at radius 1 is 1.29 bits per heavy atom. The van der Waals surface area contributed by atoms with Crippen LogP contribution in [0.1, 0.15) is 18.2 Å². The maximum Gasteiger partial charge on any atom is 0.0735 e. The minimum absolute atomic E-state index is 0.680. The standard InChI is InChI=1S/C13H14Cl2N2/c1-3-16-7-11-8(2)17-12-6-9(14)4-5-10(12)13(11)15/h4-6,16H,3,7H2,1-2H3. The molecule has 0 spiro atoms. The van der Waals surface area contributed by atoms with Crippen LogP contribution in [0.5, 0.6) is 0 Å². The van der Waals surface area contributed by atoms with E-state index in [4.69, 9.17) is 23.2 Å². The van der Waals surface area contributed by atoms with Crippen LogP contribution in [-0.2, 0) is 6.54 Å². The molecule has 1 heterocycles. The van der Waals surface area contributed by atoms with Crippen molar-refractivity contribution in [2.45, 2.75) is 20.4 Å². The van der Waals surface area contributed by atoms with Crippen LogP contribution in [0.3, 0.4) is 0 Å². The molecule has 90 valence electrons. The predicted octanol–water partition coefficient (Wildman–Crippen LogP) is 3.96. The molecule has 0 amide bonds. The van der Waals surface area contributed by atoms with E-state index >= 15 is 0 Å². The van der Waals surface area contributed by atoms with Crippen molar-refractivity contribution in [2.75, 3.05) is 6.54 Å². The zero-order valence-electron chi connectivity index (χ0n) is 9.85. The molecular weight excluding hydrogens is 255 g/mol. The van der Waals surface area contributed by atoms with Gasteiger partial charge in [0.15, 0.2) is 0 Å². The summed E-state index contributed by atoms with van der Waals surface area (Å²) in [4.78, 5) is 4.54. The van der Waals surface area contributed by atoms with Gasteiger partial charge in [0, 0.05) is 28.2 Å². The highest BCUT2D eigenvalue weighted by atomic mass is 35.5. The van der Waals surface area contributed by atoms with Crippen molar-refractivity contribution in [3.63, 3.8) is 0 Å². The highest BCUT2D eigenvalue weighted by molar-refractivity contribution is 6.37. The monoisotopic (exact) mass is 268 g/mol. The van der Waals surface area contributed by atoms with Crippen molar-refractivity contribution in [3.8, 4) is 0 Å². The summed E-state index contributed by atoms with van der Waals surface area (Å²) in [6, 6.07) is 5.60. The van der Waals surface area contributed by atoms with Gasteiger partial charge in [-0.3, -0.25) is 4.98 Å². The van der Waals surface area contributed by atoms with Gasteiger partial charge in [-0.2, -0.15) is 0 Å². The third-order valence-corrected chi connectivity index (χ3v) is 3.40. The highest BCUT2D eigenvalue weighted by Gasteiger charge is 2.10. The third kappa shape index (κ3) is 2.54. The highest BCUT2D eigenvalue weighted by Crippen LogP contribution is 2.29. The van der Waals surface area contributed by atoms with Crippen LogP contribution in [0.25, 0.3) is 10.9 Å². The summed E-state index contributed by atoms with van der Waals surface area (Å²) in [6.45, 7) is 5.69. The fraction of sp³-hybridized carbons (Fsp3) is 0.308. The van der Waals surface area contributed by atoms with E-state index in [1.165, 1.54) is 0 Å². The minimum atomic E-state index is 0.680. The lowest BCUT2D eigenvalue weighted by Gasteiger charge is -2.11. The van der Waals surface area contributed by atoms with E-state index in [1.54, 1.807) is 0 Å². The molecule has 0 aliphatic carbocycles. The van der Waals surface area contributed by atoms with E-state index in [-0.39, 0.29) is 0 Å². The van der Waals surface area contributed by atoms with Crippen LogP contribution in [0, 0.1) is 6.92 Å². The van der Waals surface area contributed by atoms with Crippen LogP contribution in [0.2, 0.25) is 10.0 Å². The third-order valence-electron chi connectivity index (χ3n) is 2.74. The fourth-order valence-electron chi connectivity index (χ4n) is 1.81. The van der Waals surface area contributed by atoms with Crippen molar-refractivity contribution in [1.82, 2.24) is 10.3 Å². The molecule has 1 aromatic heterocycles. The number of halogens is 2. The number of rotatable bonds is 3. The molecule has 17 heavy (non-hydrogen) atoms. The summed E-state index contributed by atoms with van der Waals surface area (Å²) in [5.41, 5.74) is 2.86. The molecule has 2 aromatic rings. The van der Waals surface area contributed by atoms with Gasteiger partial charge in [0.25, 0.3) is 0 Å². The lowest BCUT2D eigenvalue weighted by atomic mass is 10.1. The molecule has 0 fully saturated rings. The molecule has 1 N–H and O–H groups in total. The number of hydrogen-bond donors (Lipinski definition) is 1. The molecule has 0 aliphatic heterocycles. The van der Waals surface area contributed by atoms with Crippen molar-refractivity contribution in [2.24, 2.45) is 0 Å². The molecule has 4 heteroatoms. The van der Waals surface area contributed by atoms with Crippen molar-refractivity contribution in [1.29, 1.82) is 0 Å². The molecule has 0 bridgehead atoms. The van der Waals surface area contributed by atoms with Crippen molar-refractivity contribution < 1.29 is 0 Å². The van der Waals surface area contributed by atoms with Crippen LogP contribution < -0.4 is 5.32 Å². The molecule has 0 atom stereocenters. The molecule has 1 aromatic carbocycles. The second kappa shape index (κ2) is 5.21. The number of benzene rings is 1. The van der Waals surface area contributed by atoms with Crippen LogP contribution in [0.4, 0.5) is 0 Å². The Morgan fingerprint density at radius 3 is 2.76 bits per heavy atom. The van der Waals surface area contributed by atoms with Crippen LogP contribution in [-0.4, -0.2) is 11.5 Å². The van der Waals surface area contributed by atoms with E-state index in [2.05, 4.69) is 17.2 Å². The predicted molar refractivity (Wildman–Crippen MR) is 73.9 cm³/mol. The van der Waals surface area contributed by atoms with Gasteiger partial charge in [-0.05, 0) is 31.7 Å². The summed E-state index contributed by atoms with van der Waals surface area (Å²) in [5, 5.41) is 5.67. The van der Waals surface area contributed by atoms with Gasteiger partial charge in [0.05, 0.1) is 10.5 Å². The van der Waals surface area contributed by atoms with Crippen LogP contribution in [0.15, 0.2) is 18.2 Å².